The van der Waals surface area contributed by atoms with Crippen molar-refractivity contribution < 1.29 is 19.8 Å². The van der Waals surface area contributed by atoms with Gasteiger partial charge in [0.1, 0.15) is 0 Å². The summed E-state index contributed by atoms with van der Waals surface area (Å²) in [5.74, 6) is -2.51. The molecule has 0 spiro atoms. The number of benzene rings is 1. The van der Waals surface area contributed by atoms with E-state index in [1.54, 1.807) is 0 Å². The van der Waals surface area contributed by atoms with Gasteiger partial charge in [-0.3, -0.25) is 4.98 Å². The van der Waals surface area contributed by atoms with E-state index in [1.807, 2.05) is 31.2 Å². The van der Waals surface area contributed by atoms with Crippen molar-refractivity contribution in [1.82, 2.24) is 4.98 Å². The predicted molar refractivity (Wildman–Crippen MR) is 105 cm³/mol. The number of nitrogen functional groups attached to an aromatic ring is 1. The number of aromatic nitrogens is 1. The number of carboxylic acids is 2. The Morgan fingerprint density at radius 1 is 1.11 bits per heavy atom. The van der Waals surface area contributed by atoms with Crippen molar-refractivity contribution in [1.29, 1.82) is 0 Å². The fraction of sp³-hybridized carbons (Fsp3) is 0.150. The number of halogens is 1. The predicted octanol–water partition coefficient (Wildman–Crippen LogP) is 3.82. The highest BCUT2D eigenvalue weighted by molar-refractivity contribution is 6.30. The molecule has 0 amide bonds. The molecule has 27 heavy (non-hydrogen) atoms. The van der Waals surface area contributed by atoms with Gasteiger partial charge in [0.25, 0.3) is 0 Å². The number of pyridine rings is 1. The van der Waals surface area contributed by atoms with E-state index in [0.29, 0.717) is 12.2 Å². The van der Waals surface area contributed by atoms with Crippen molar-refractivity contribution in [3.8, 4) is 0 Å². The van der Waals surface area contributed by atoms with Gasteiger partial charge in [-0.15, -0.1) is 0 Å². The molecule has 1 aliphatic rings. The molecule has 1 heterocycles. The minimum Gasteiger partial charge on any atom is -0.478 e. The number of aliphatic carboxylic acids is 2. The largest absolute Gasteiger partial charge is 0.478 e. The molecule has 0 fully saturated rings. The maximum absolute atomic E-state index is 9.55. The maximum Gasteiger partial charge on any atom is 0.328 e. The summed E-state index contributed by atoms with van der Waals surface area (Å²) >= 11 is 6.06. The number of allylic oxidation sites excluding steroid dienone is 1. The molecule has 1 aromatic carbocycles. The Morgan fingerprint density at radius 3 is 2.37 bits per heavy atom. The second-order valence-corrected chi connectivity index (χ2v) is 6.39. The van der Waals surface area contributed by atoms with Crippen LogP contribution in [0, 0.1) is 6.92 Å². The first-order valence-corrected chi connectivity index (χ1v) is 8.50. The number of anilines is 1. The van der Waals surface area contributed by atoms with E-state index in [0.717, 1.165) is 34.9 Å². The molecule has 0 aliphatic heterocycles. The van der Waals surface area contributed by atoms with Crippen LogP contribution in [0.5, 0.6) is 0 Å². The van der Waals surface area contributed by atoms with Gasteiger partial charge in [-0.2, -0.15) is 0 Å². The van der Waals surface area contributed by atoms with Crippen molar-refractivity contribution in [2.75, 3.05) is 5.73 Å². The quantitative estimate of drug-likeness (QED) is 0.691. The number of aryl methyl sites for hydroxylation is 2. The first kappa shape index (κ1) is 20.2. The van der Waals surface area contributed by atoms with Crippen molar-refractivity contribution >= 4 is 40.9 Å². The minimum atomic E-state index is -1.26. The highest BCUT2D eigenvalue weighted by atomic mass is 35.5. The summed E-state index contributed by atoms with van der Waals surface area (Å²) in [7, 11) is 0. The van der Waals surface area contributed by atoms with Crippen LogP contribution in [0.2, 0.25) is 5.02 Å². The number of carbonyl (C=O) groups is 2. The molecular weight excluding hydrogens is 368 g/mol. The fourth-order valence-electron chi connectivity index (χ4n) is 2.66. The Bertz CT molecular complexity index is 899. The lowest BCUT2D eigenvalue weighted by Crippen LogP contribution is -2.02. The zero-order valence-corrected chi connectivity index (χ0v) is 15.4. The normalized spacial score (nSPS) is 12.6. The third-order valence-electron chi connectivity index (χ3n) is 3.77. The fourth-order valence-corrected chi connectivity index (χ4v) is 2.84. The lowest BCUT2D eigenvalue weighted by atomic mass is 9.90. The molecule has 0 saturated carbocycles. The van der Waals surface area contributed by atoms with Crippen LogP contribution >= 0.6 is 11.6 Å². The standard InChI is InChI=1S/C16H15ClN2.C4H4O4/c1-10-6-15(18)9-16(19-10)12-3-2-11-4-5-14(17)8-13(11)7-12;5-3(6)1-2-4(7)8/h4-9H,2-3H2,1H3,(H2,18,19);1-2H,(H,5,6)(H,7,8)/b;2-1+. The summed E-state index contributed by atoms with van der Waals surface area (Å²) in [4.78, 5) is 23.7. The molecule has 3 rings (SSSR count). The van der Waals surface area contributed by atoms with Crippen LogP contribution in [0.15, 0.2) is 42.5 Å². The zero-order chi connectivity index (χ0) is 20.0. The van der Waals surface area contributed by atoms with Crippen molar-refractivity contribution in [2.45, 2.75) is 19.8 Å². The Labute approximate surface area is 161 Å². The van der Waals surface area contributed by atoms with Crippen molar-refractivity contribution in [2.24, 2.45) is 0 Å². The molecule has 0 saturated heterocycles. The van der Waals surface area contributed by atoms with Crippen LogP contribution in [0.3, 0.4) is 0 Å². The molecule has 140 valence electrons. The van der Waals surface area contributed by atoms with Crippen LogP contribution in [0.25, 0.3) is 11.6 Å². The maximum atomic E-state index is 9.55. The summed E-state index contributed by atoms with van der Waals surface area (Å²) < 4.78 is 0. The number of carboxylic acid groups (broad SMARTS) is 2. The zero-order valence-electron chi connectivity index (χ0n) is 14.6. The van der Waals surface area contributed by atoms with Gasteiger partial charge in [0.15, 0.2) is 0 Å². The van der Waals surface area contributed by atoms with E-state index in [1.165, 1.54) is 16.7 Å². The first-order chi connectivity index (χ1) is 12.7. The van der Waals surface area contributed by atoms with E-state index in [9.17, 15) is 9.59 Å². The number of nitrogens with zero attached hydrogens (tertiary/aromatic N) is 1. The van der Waals surface area contributed by atoms with Gasteiger partial charge in [0, 0.05) is 28.6 Å². The number of rotatable bonds is 3. The number of fused-ring (bicyclic) bond motifs is 1. The van der Waals surface area contributed by atoms with Crippen LogP contribution < -0.4 is 5.73 Å². The molecule has 7 heteroatoms. The van der Waals surface area contributed by atoms with Crippen LogP contribution in [0.4, 0.5) is 5.69 Å². The smallest absolute Gasteiger partial charge is 0.328 e. The summed E-state index contributed by atoms with van der Waals surface area (Å²) in [6.45, 7) is 1.97. The third kappa shape index (κ3) is 6.27. The lowest BCUT2D eigenvalue weighted by Gasteiger charge is -2.17. The summed E-state index contributed by atoms with van der Waals surface area (Å²) in [5, 5.41) is 16.4. The van der Waals surface area contributed by atoms with E-state index in [4.69, 9.17) is 27.5 Å². The average Bonchev–Trinajstić information content (AvgIpc) is 2.59. The number of hydrogen-bond acceptors (Lipinski definition) is 4. The van der Waals surface area contributed by atoms with Crippen LogP contribution in [-0.4, -0.2) is 27.1 Å². The lowest BCUT2D eigenvalue weighted by molar-refractivity contribution is -0.134. The second-order valence-electron chi connectivity index (χ2n) is 5.95. The summed E-state index contributed by atoms with van der Waals surface area (Å²) in [5.41, 5.74) is 12.3. The Morgan fingerprint density at radius 2 is 1.78 bits per heavy atom. The molecule has 1 aromatic heterocycles. The van der Waals surface area contributed by atoms with Gasteiger partial charge in [-0.05, 0) is 66.8 Å². The average molecular weight is 387 g/mol. The molecule has 6 nitrogen and oxygen atoms in total. The Kier molecular flexibility index (Phi) is 6.73. The summed E-state index contributed by atoms with van der Waals surface area (Å²) in [6, 6.07) is 9.88. The molecule has 0 bridgehead atoms. The van der Waals surface area contributed by atoms with Gasteiger partial charge in [-0.25, -0.2) is 9.59 Å². The number of hydrogen-bond donors (Lipinski definition) is 3. The highest BCUT2D eigenvalue weighted by Gasteiger charge is 2.13. The molecule has 0 unspecified atom stereocenters. The Balaban J connectivity index is 0.000000279. The second kappa shape index (κ2) is 9.00. The van der Waals surface area contributed by atoms with Gasteiger partial charge < -0.3 is 15.9 Å². The first-order valence-electron chi connectivity index (χ1n) is 8.12. The third-order valence-corrected chi connectivity index (χ3v) is 4.01. The van der Waals surface area contributed by atoms with Crippen LogP contribution in [-0.2, 0) is 16.0 Å². The highest BCUT2D eigenvalue weighted by Crippen LogP contribution is 2.31. The SMILES string of the molecule is Cc1cc(N)cc(C2=Cc3cc(Cl)ccc3CC2)n1.O=C(O)/C=C/C(=O)O. The Hall–Kier alpha value is -3.12. The van der Waals surface area contributed by atoms with Gasteiger partial charge in [-0.1, -0.05) is 17.7 Å². The summed E-state index contributed by atoms with van der Waals surface area (Å²) in [6.07, 6.45) is 5.30. The minimum absolute atomic E-state index is 0.558. The molecule has 1 aliphatic carbocycles. The molecule has 2 aromatic rings. The van der Waals surface area contributed by atoms with Crippen molar-refractivity contribution in [3.63, 3.8) is 0 Å². The molecule has 0 radical (unpaired) electrons. The van der Waals surface area contributed by atoms with Crippen LogP contribution in [0.1, 0.15) is 28.9 Å². The van der Waals surface area contributed by atoms with E-state index >= 15 is 0 Å². The van der Waals surface area contributed by atoms with Gasteiger partial charge >= 0.3 is 11.9 Å². The monoisotopic (exact) mass is 386 g/mol. The number of nitrogens with two attached hydrogens (primary N) is 1. The van der Waals surface area contributed by atoms with Gasteiger partial charge in [0.2, 0.25) is 0 Å². The van der Waals surface area contributed by atoms with E-state index in [-0.39, 0.29) is 0 Å². The molecule has 0 atom stereocenters. The van der Waals surface area contributed by atoms with Crippen molar-refractivity contribution in [3.05, 3.63) is 70.0 Å². The molecular formula is C20H19ClN2O4. The topological polar surface area (TPSA) is 114 Å². The van der Waals surface area contributed by atoms with E-state index in [2.05, 4.69) is 17.1 Å². The van der Waals surface area contributed by atoms with E-state index < -0.39 is 11.9 Å². The molecule has 4 N–H and O–H groups in total. The van der Waals surface area contributed by atoms with Gasteiger partial charge in [0.05, 0.1) is 5.69 Å².